The fourth-order valence-corrected chi connectivity index (χ4v) is 3.09. The molecule has 0 unspecified atom stereocenters. The van der Waals surface area contributed by atoms with Gasteiger partial charge in [-0.1, -0.05) is 62.4 Å². The minimum Gasteiger partial charge on any atom is -0.367 e. The van der Waals surface area contributed by atoms with Gasteiger partial charge in [0.05, 0.1) is 0 Å². The summed E-state index contributed by atoms with van der Waals surface area (Å²) in [5, 5.41) is 6.41. The molecule has 1 aliphatic carbocycles. The van der Waals surface area contributed by atoms with Gasteiger partial charge in [-0.3, -0.25) is 4.79 Å². The molecule has 0 aliphatic heterocycles. The molecule has 0 spiro atoms. The standard InChI is InChI=1S/C23H24N4O/c1-15(2)18-10-6-7-11-19(18)26-23(28)20-14-21(24-17-12-13-17)27-22(25-20)16-8-4-3-5-9-16/h3-11,14-15,17H,12-13H2,1-2H3,(H,26,28)(H,24,25,27). The highest BCUT2D eigenvalue weighted by Crippen LogP contribution is 2.27. The maximum Gasteiger partial charge on any atom is 0.274 e. The van der Waals surface area contributed by atoms with Crippen molar-refractivity contribution in [2.24, 2.45) is 0 Å². The molecule has 1 aliphatic rings. The van der Waals surface area contributed by atoms with Crippen LogP contribution in [-0.2, 0) is 0 Å². The van der Waals surface area contributed by atoms with Crippen molar-refractivity contribution in [1.82, 2.24) is 9.97 Å². The molecule has 2 N–H and O–H groups in total. The van der Waals surface area contributed by atoms with Gasteiger partial charge in [-0.2, -0.15) is 0 Å². The molecule has 1 amide bonds. The fraction of sp³-hybridized carbons (Fsp3) is 0.261. The van der Waals surface area contributed by atoms with Crippen molar-refractivity contribution in [1.29, 1.82) is 0 Å². The lowest BCUT2D eigenvalue weighted by molar-refractivity contribution is 0.102. The van der Waals surface area contributed by atoms with E-state index in [1.54, 1.807) is 6.07 Å². The average molecular weight is 372 g/mol. The van der Waals surface area contributed by atoms with Crippen molar-refractivity contribution in [2.75, 3.05) is 10.6 Å². The smallest absolute Gasteiger partial charge is 0.274 e. The molecule has 1 saturated carbocycles. The molecular formula is C23H24N4O. The summed E-state index contributed by atoms with van der Waals surface area (Å²) >= 11 is 0. The Bertz CT molecular complexity index is 981. The molecule has 1 aromatic heterocycles. The van der Waals surface area contributed by atoms with E-state index in [-0.39, 0.29) is 5.91 Å². The number of anilines is 2. The molecule has 3 aromatic rings. The number of benzene rings is 2. The predicted octanol–water partition coefficient (Wildman–Crippen LogP) is 5.09. The fourth-order valence-electron chi connectivity index (χ4n) is 3.09. The number of carbonyl (C=O) groups excluding carboxylic acids is 1. The number of nitrogens with zero attached hydrogens (tertiary/aromatic N) is 2. The van der Waals surface area contributed by atoms with Crippen molar-refractivity contribution in [3.8, 4) is 11.4 Å². The number of aromatic nitrogens is 2. The third-order valence-electron chi connectivity index (χ3n) is 4.75. The van der Waals surface area contributed by atoms with E-state index >= 15 is 0 Å². The first kappa shape index (κ1) is 18.2. The van der Waals surface area contributed by atoms with Gasteiger partial charge in [0.2, 0.25) is 0 Å². The molecule has 1 heterocycles. The Hall–Kier alpha value is -3.21. The largest absolute Gasteiger partial charge is 0.367 e. The van der Waals surface area contributed by atoms with Crippen molar-refractivity contribution >= 4 is 17.4 Å². The zero-order chi connectivity index (χ0) is 19.5. The van der Waals surface area contributed by atoms with Gasteiger partial charge in [-0.05, 0) is 30.4 Å². The Morgan fingerprint density at radius 3 is 2.43 bits per heavy atom. The number of rotatable bonds is 6. The van der Waals surface area contributed by atoms with Crippen LogP contribution in [0.4, 0.5) is 11.5 Å². The quantitative estimate of drug-likeness (QED) is 0.632. The first-order valence-electron chi connectivity index (χ1n) is 9.71. The van der Waals surface area contributed by atoms with E-state index in [9.17, 15) is 4.79 Å². The van der Waals surface area contributed by atoms with Crippen LogP contribution in [0, 0.1) is 0 Å². The zero-order valence-corrected chi connectivity index (χ0v) is 16.1. The number of hydrogen-bond acceptors (Lipinski definition) is 4. The highest BCUT2D eigenvalue weighted by atomic mass is 16.1. The van der Waals surface area contributed by atoms with E-state index in [1.807, 2.05) is 54.6 Å². The summed E-state index contributed by atoms with van der Waals surface area (Å²) < 4.78 is 0. The molecular weight excluding hydrogens is 348 g/mol. The number of carbonyl (C=O) groups is 1. The minimum atomic E-state index is -0.230. The van der Waals surface area contributed by atoms with Gasteiger partial charge < -0.3 is 10.6 Å². The number of para-hydroxylation sites is 1. The number of nitrogens with one attached hydrogen (secondary N) is 2. The van der Waals surface area contributed by atoms with E-state index < -0.39 is 0 Å². The van der Waals surface area contributed by atoms with Crippen LogP contribution in [-0.4, -0.2) is 21.9 Å². The van der Waals surface area contributed by atoms with Crippen molar-refractivity contribution in [3.63, 3.8) is 0 Å². The van der Waals surface area contributed by atoms with Crippen LogP contribution in [0.2, 0.25) is 0 Å². The molecule has 28 heavy (non-hydrogen) atoms. The maximum atomic E-state index is 13.0. The van der Waals surface area contributed by atoms with E-state index in [1.165, 1.54) is 0 Å². The van der Waals surface area contributed by atoms with Crippen LogP contribution in [0.5, 0.6) is 0 Å². The Balaban J connectivity index is 1.67. The van der Waals surface area contributed by atoms with Gasteiger partial charge in [0.1, 0.15) is 11.5 Å². The summed E-state index contributed by atoms with van der Waals surface area (Å²) in [7, 11) is 0. The number of hydrogen-bond donors (Lipinski definition) is 2. The van der Waals surface area contributed by atoms with E-state index in [2.05, 4.69) is 34.4 Å². The topological polar surface area (TPSA) is 66.9 Å². The maximum absolute atomic E-state index is 13.0. The summed E-state index contributed by atoms with van der Waals surface area (Å²) in [6, 6.07) is 19.8. The normalized spacial score (nSPS) is 13.4. The lowest BCUT2D eigenvalue weighted by Gasteiger charge is -2.14. The van der Waals surface area contributed by atoms with Crippen LogP contribution in [0.3, 0.4) is 0 Å². The van der Waals surface area contributed by atoms with E-state index in [0.717, 1.165) is 29.7 Å². The summed E-state index contributed by atoms with van der Waals surface area (Å²) in [6.07, 6.45) is 2.27. The van der Waals surface area contributed by atoms with Crippen LogP contribution >= 0.6 is 0 Å². The van der Waals surface area contributed by atoms with E-state index in [0.29, 0.717) is 29.3 Å². The average Bonchev–Trinajstić information content (AvgIpc) is 3.52. The van der Waals surface area contributed by atoms with E-state index in [4.69, 9.17) is 0 Å². The Labute approximate surface area is 165 Å². The third kappa shape index (κ3) is 4.19. The third-order valence-corrected chi connectivity index (χ3v) is 4.75. The lowest BCUT2D eigenvalue weighted by atomic mass is 10.0. The first-order valence-corrected chi connectivity index (χ1v) is 9.71. The predicted molar refractivity (Wildman–Crippen MR) is 113 cm³/mol. The minimum absolute atomic E-state index is 0.230. The van der Waals surface area contributed by atoms with Gasteiger partial charge >= 0.3 is 0 Å². The Morgan fingerprint density at radius 2 is 1.71 bits per heavy atom. The first-order chi connectivity index (χ1) is 13.6. The second kappa shape index (κ2) is 7.80. The molecule has 0 atom stereocenters. The highest BCUT2D eigenvalue weighted by molar-refractivity contribution is 6.04. The van der Waals surface area contributed by atoms with Crippen LogP contribution in [0.1, 0.15) is 48.7 Å². The SMILES string of the molecule is CC(C)c1ccccc1NC(=O)c1cc(NC2CC2)nc(-c2ccccc2)n1. The summed E-state index contributed by atoms with van der Waals surface area (Å²) in [6.45, 7) is 4.22. The van der Waals surface area contributed by atoms with Gasteiger partial charge in [0.25, 0.3) is 5.91 Å². The van der Waals surface area contributed by atoms with Crippen molar-refractivity contribution in [2.45, 2.75) is 38.6 Å². The highest BCUT2D eigenvalue weighted by Gasteiger charge is 2.23. The van der Waals surface area contributed by atoms with Gasteiger partial charge in [-0.25, -0.2) is 9.97 Å². The second-order valence-corrected chi connectivity index (χ2v) is 7.44. The molecule has 2 aromatic carbocycles. The second-order valence-electron chi connectivity index (χ2n) is 7.44. The van der Waals surface area contributed by atoms with Crippen LogP contribution in [0.15, 0.2) is 60.7 Å². The van der Waals surface area contributed by atoms with Gasteiger partial charge in [-0.15, -0.1) is 0 Å². The van der Waals surface area contributed by atoms with Crippen molar-refractivity contribution < 1.29 is 4.79 Å². The molecule has 0 saturated heterocycles. The molecule has 5 heteroatoms. The molecule has 5 nitrogen and oxygen atoms in total. The molecule has 1 fully saturated rings. The molecule has 0 radical (unpaired) electrons. The van der Waals surface area contributed by atoms with Gasteiger partial charge in [0, 0.05) is 23.4 Å². The molecule has 4 rings (SSSR count). The monoisotopic (exact) mass is 372 g/mol. The molecule has 142 valence electrons. The van der Waals surface area contributed by atoms with Gasteiger partial charge in [0.15, 0.2) is 5.82 Å². The lowest BCUT2D eigenvalue weighted by Crippen LogP contribution is -2.17. The van der Waals surface area contributed by atoms with Crippen LogP contribution in [0.25, 0.3) is 11.4 Å². The number of amides is 1. The summed E-state index contributed by atoms with van der Waals surface area (Å²) in [5.74, 6) is 1.33. The zero-order valence-electron chi connectivity index (χ0n) is 16.1. The summed E-state index contributed by atoms with van der Waals surface area (Å²) in [5.41, 5.74) is 3.16. The Morgan fingerprint density at radius 1 is 1.00 bits per heavy atom. The van der Waals surface area contributed by atoms with Crippen LogP contribution < -0.4 is 10.6 Å². The molecule has 0 bridgehead atoms. The summed E-state index contributed by atoms with van der Waals surface area (Å²) in [4.78, 5) is 22.2. The Kier molecular flexibility index (Phi) is 5.06. The van der Waals surface area contributed by atoms with Crippen molar-refractivity contribution in [3.05, 3.63) is 71.9 Å².